The summed E-state index contributed by atoms with van der Waals surface area (Å²) in [6.45, 7) is 3.90. The number of benzene rings is 2. The van der Waals surface area contributed by atoms with Crippen LogP contribution in [0.5, 0.6) is 0 Å². The van der Waals surface area contributed by atoms with E-state index in [-0.39, 0.29) is 24.0 Å². The van der Waals surface area contributed by atoms with Gasteiger partial charge in [0.2, 0.25) is 5.91 Å². The van der Waals surface area contributed by atoms with Crippen molar-refractivity contribution in [1.29, 1.82) is 0 Å². The van der Waals surface area contributed by atoms with Crippen LogP contribution in [0.25, 0.3) is 0 Å². The Labute approximate surface area is 182 Å². The highest BCUT2D eigenvalue weighted by atomic mass is 16.2. The number of aromatic nitrogens is 1. The molecule has 3 heterocycles. The molecule has 2 aromatic carbocycles. The van der Waals surface area contributed by atoms with Crippen molar-refractivity contribution in [3.8, 4) is 0 Å². The van der Waals surface area contributed by atoms with Crippen LogP contribution in [0.3, 0.4) is 0 Å². The van der Waals surface area contributed by atoms with Crippen LogP contribution in [0.4, 0.5) is 10.5 Å². The molecular weight excluding hydrogens is 388 g/mol. The molecule has 5 rings (SSSR count). The van der Waals surface area contributed by atoms with E-state index in [9.17, 15) is 9.59 Å². The molecule has 1 N–H and O–H groups in total. The van der Waals surface area contributed by atoms with Gasteiger partial charge in [-0.25, -0.2) is 4.79 Å². The number of hydrogen-bond acceptors (Lipinski definition) is 2. The number of amides is 3. The van der Waals surface area contributed by atoms with E-state index in [1.165, 1.54) is 0 Å². The van der Waals surface area contributed by atoms with Crippen molar-refractivity contribution in [2.24, 2.45) is 0 Å². The molecule has 0 aliphatic carbocycles. The number of carbonyl (C=O) groups excluding carboxylic acids is 2. The van der Waals surface area contributed by atoms with Gasteiger partial charge in [0.05, 0.1) is 12.1 Å². The zero-order chi connectivity index (χ0) is 21.4. The van der Waals surface area contributed by atoms with E-state index < -0.39 is 0 Å². The Bertz CT molecular complexity index is 1090. The first-order valence-corrected chi connectivity index (χ1v) is 10.7. The molecule has 3 amide bonds. The van der Waals surface area contributed by atoms with Crippen LogP contribution in [-0.4, -0.2) is 40.5 Å². The lowest BCUT2D eigenvalue weighted by Gasteiger charge is -2.37. The smallest absolute Gasteiger partial charge is 0.318 e. The zero-order valence-electron chi connectivity index (χ0n) is 17.6. The number of fused-ring (bicyclic) bond motifs is 1. The van der Waals surface area contributed by atoms with E-state index in [1.807, 2.05) is 60.4 Å². The molecule has 0 spiro atoms. The third-order valence-electron chi connectivity index (χ3n) is 6.21. The Kier molecular flexibility index (Phi) is 4.98. The maximum absolute atomic E-state index is 13.3. The SMILES string of the molecule is Cc1ccc(N2CC(NC(=O)N3CCn4cccc4C3c3ccccc3)CC2=O)cc1. The van der Waals surface area contributed by atoms with Gasteiger partial charge in [-0.3, -0.25) is 4.79 Å². The van der Waals surface area contributed by atoms with Crippen LogP contribution in [0.1, 0.15) is 29.3 Å². The summed E-state index contributed by atoms with van der Waals surface area (Å²) in [5.41, 5.74) is 4.23. The average Bonchev–Trinajstić information content (AvgIpc) is 3.40. The molecular formula is C25H26N4O2. The van der Waals surface area contributed by atoms with Gasteiger partial charge in [0.15, 0.2) is 0 Å². The molecule has 1 aromatic heterocycles. The minimum atomic E-state index is -0.202. The number of anilines is 1. The summed E-state index contributed by atoms with van der Waals surface area (Å²) in [6, 6.07) is 21.7. The largest absolute Gasteiger partial charge is 0.348 e. The van der Waals surface area contributed by atoms with E-state index in [0.29, 0.717) is 19.5 Å². The first-order valence-electron chi connectivity index (χ1n) is 10.7. The summed E-state index contributed by atoms with van der Waals surface area (Å²) < 4.78 is 2.21. The monoisotopic (exact) mass is 414 g/mol. The highest BCUT2D eigenvalue weighted by Crippen LogP contribution is 2.32. The van der Waals surface area contributed by atoms with Gasteiger partial charge in [-0.1, -0.05) is 48.0 Å². The highest BCUT2D eigenvalue weighted by Gasteiger charge is 2.36. The zero-order valence-corrected chi connectivity index (χ0v) is 17.6. The minimum Gasteiger partial charge on any atom is -0.348 e. The number of nitrogens with zero attached hydrogens (tertiary/aromatic N) is 3. The van der Waals surface area contributed by atoms with Crippen LogP contribution >= 0.6 is 0 Å². The lowest BCUT2D eigenvalue weighted by atomic mass is 10.0. The summed E-state index contributed by atoms with van der Waals surface area (Å²) >= 11 is 0. The summed E-state index contributed by atoms with van der Waals surface area (Å²) in [5.74, 6) is 0.0429. The van der Waals surface area contributed by atoms with Gasteiger partial charge >= 0.3 is 6.03 Å². The summed E-state index contributed by atoms with van der Waals surface area (Å²) in [4.78, 5) is 29.6. The summed E-state index contributed by atoms with van der Waals surface area (Å²) in [5, 5.41) is 3.13. The van der Waals surface area contributed by atoms with Crippen molar-refractivity contribution in [2.75, 3.05) is 18.0 Å². The van der Waals surface area contributed by atoms with Crippen LogP contribution in [0, 0.1) is 6.92 Å². The van der Waals surface area contributed by atoms with Crippen LogP contribution in [0.2, 0.25) is 0 Å². The molecule has 0 saturated carbocycles. The lowest BCUT2D eigenvalue weighted by molar-refractivity contribution is -0.117. The maximum atomic E-state index is 13.3. The number of hydrogen-bond donors (Lipinski definition) is 1. The van der Waals surface area contributed by atoms with Crippen molar-refractivity contribution in [3.63, 3.8) is 0 Å². The van der Waals surface area contributed by atoms with Crippen LogP contribution in [-0.2, 0) is 11.3 Å². The molecule has 0 radical (unpaired) electrons. The molecule has 2 aliphatic heterocycles. The first-order chi connectivity index (χ1) is 15.1. The molecule has 1 saturated heterocycles. The molecule has 3 aromatic rings. The van der Waals surface area contributed by atoms with Gasteiger partial charge in [0.25, 0.3) is 0 Å². The van der Waals surface area contributed by atoms with Crippen molar-refractivity contribution < 1.29 is 9.59 Å². The highest BCUT2D eigenvalue weighted by molar-refractivity contribution is 5.96. The molecule has 6 nitrogen and oxygen atoms in total. The Hall–Kier alpha value is -3.54. The average molecular weight is 415 g/mol. The lowest BCUT2D eigenvalue weighted by Crippen LogP contribution is -2.50. The maximum Gasteiger partial charge on any atom is 0.318 e. The second-order valence-electron chi connectivity index (χ2n) is 8.32. The third kappa shape index (κ3) is 3.69. The van der Waals surface area contributed by atoms with Gasteiger partial charge in [0, 0.05) is 43.6 Å². The van der Waals surface area contributed by atoms with Crippen molar-refractivity contribution in [3.05, 3.63) is 89.7 Å². The summed E-state index contributed by atoms with van der Waals surface area (Å²) in [7, 11) is 0. The fraction of sp³-hybridized carbons (Fsp3) is 0.280. The minimum absolute atomic E-state index is 0.0429. The number of nitrogens with one attached hydrogen (secondary N) is 1. The second kappa shape index (κ2) is 7.95. The van der Waals surface area contributed by atoms with E-state index in [0.717, 1.165) is 29.1 Å². The van der Waals surface area contributed by atoms with Gasteiger partial charge in [0.1, 0.15) is 0 Å². The van der Waals surface area contributed by atoms with E-state index in [2.05, 4.69) is 34.3 Å². The predicted molar refractivity (Wildman–Crippen MR) is 120 cm³/mol. The molecule has 31 heavy (non-hydrogen) atoms. The fourth-order valence-electron chi connectivity index (χ4n) is 4.62. The Morgan fingerprint density at radius 1 is 0.968 bits per heavy atom. The molecule has 158 valence electrons. The van der Waals surface area contributed by atoms with Crippen molar-refractivity contribution in [2.45, 2.75) is 32.0 Å². The topological polar surface area (TPSA) is 57.6 Å². The second-order valence-corrected chi connectivity index (χ2v) is 8.32. The Balaban J connectivity index is 1.34. The van der Waals surface area contributed by atoms with Gasteiger partial charge in [-0.2, -0.15) is 0 Å². The molecule has 1 fully saturated rings. The Morgan fingerprint density at radius 2 is 1.74 bits per heavy atom. The van der Waals surface area contributed by atoms with Crippen molar-refractivity contribution in [1.82, 2.24) is 14.8 Å². The Morgan fingerprint density at radius 3 is 2.52 bits per heavy atom. The third-order valence-corrected chi connectivity index (χ3v) is 6.21. The predicted octanol–water partition coefficient (Wildman–Crippen LogP) is 3.72. The van der Waals surface area contributed by atoms with Gasteiger partial charge < -0.3 is 19.7 Å². The first kappa shape index (κ1) is 19.4. The van der Waals surface area contributed by atoms with E-state index in [1.54, 1.807) is 4.90 Å². The normalized spacial score (nSPS) is 20.6. The summed E-state index contributed by atoms with van der Waals surface area (Å²) in [6.07, 6.45) is 2.38. The molecule has 2 unspecified atom stereocenters. The van der Waals surface area contributed by atoms with Crippen molar-refractivity contribution >= 4 is 17.6 Å². The molecule has 6 heteroatoms. The van der Waals surface area contributed by atoms with Gasteiger partial charge in [-0.15, -0.1) is 0 Å². The van der Waals surface area contributed by atoms with Crippen LogP contribution < -0.4 is 10.2 Å². The molecule has 2 atom stereocenters. The number of aryl methyl sites for hydroxylation is 1. The van der Waals surface area contributed by atoms with Gasteiger partial charge in [-0.05, 0) is 36.8 Å². The molecule has 2 aliphatic rings. The quantitative estimate of drug-likeness (QED) is 0.710. The van der Waals surface area contributed by atoms with E-state index in [4.69, 9.17) is 0 Å². The number of urea groups is 1. The standard InChI is InChI=1S/C25H26N4O2/c1-18-9-11-21(12-10-18)29-17-20(16-23(29)30)26-25(31)28-15-14-27-13-5-8-22(27)24(28)19-6-3-2-4-7-19/h2-13,20,24H,14-17H2,1H3,(H,26,31). The molecule has 0 bridgehead atoms. The van der Waals surface area contributed by atoms with E-state index >= 15 is 0 Å². The van der Waals surface area contributed by atoms with Crippen LogP contribution in [0.15, 0.2) is 72.9 Å². The fourth-order valence-corrected chi connectivity index (χ4v) is 4.62. The number of carbonyl (C=O) groups is 2. The number of rotatable bonds is 3.